The molecule has 3 rings (SSSR count). The molecule has 0 saturated carbocycles. The predicted octanol–water partition coefficient (Wildman–Crippen LogP) is 3.79. The van der Waals surface area contributed by atoms with Gasteiger partial charge in [0, 0.05) is 29.8 Å². The van der Waals surface area contributed by atoms with Crippen molar-refractivity contribution >= 4 is 10.8 Å². The number of benzene rings is 2. The Morgan fingerprint density at radius 1 is 1.00 bits per heavy atom. The van der Waals surface area contributed by atoms with E-state index < -0.39 is 17.7 Å². The highest BCUT2D eigenvalue weighted by atomic mass is 19.2. The van der Waals surface area contributed by atoms with Crippen LogP contribution in [0.4, 0.5) is 8.78 Å². The third kappa shape index (κ3) is 2.62. The average molecular weight is 285 g/mol. The molecule has 4 heteroatoms. The number of nitrogens with zero attached hydrogens (tertiary/aromatic N) is 1. The Balaban J connectivity index is 1.97. The van der Waals surface area contributed by atoms with Gasteiger partial charge in [-0.2, -0.15) is 0 Å². The third-order valence-corrected chi connectivity index (χ3v) is 3.50. The van der Waals surface area contributed by atoms with Crippen molar-refractivity contribution < 1.29 is 13.9 Å². The lowest BCUT2D eigenvalue weighted by atomic mass is 9.98. The van der Waals surface area contributed by atoms with Gasteiger partial charge in [0.15, 0.2) is 11.6 Å². The molecule has 0 saturated heterocycles. The second-order valence-corrected chi connectivity index (χ2v) is 4.88. The number of aromatic nitrogens is 1. The zero-order chi connectivity index (χ0) is 14.8. The van der Waals surface area contributed by atoms with Crippen LogP contribution in [0, 0.1) is 11.6 Å². The Bertz CT molecular complexity index is 783. The van der Waals surface area contributed by atoms with Gasteiger partial charge in [-0.05, 0) is 17.0 Å². The van der Waals surface area contributed by atoms with Gasteiger partial charge in [-0.25, -0.2) is 8.78 Å². The minimum Gasteiger partial charge on any atom is -0.388 e. The van der Waals surface area contributed by atoms with Crippen molar-refractivity contribution in [3.8, 4) is 0 Å². The first kappa shape index (κ1) is 13.6. The summed E-state index contributed by atoms with van der Waals surface area (Å²) in [5, 5.41) is 12.1. The summed E-state index contributed by atoms with van der Waals surface area (Å²) >= 11 is 0. The summed E-state index contributed by atoms with van der Waals surface area (Å²) < 4.78 is 26.9. The van der Waals surface area contributed by atoms with Crippen LogP contribution in [0.5, 0.6) is 0 Å². The van der Waals surface area contributed by atoms with E-state index >= 15 is 0 Å². The van der Waals surface area contributed by atoms with Crippen LogP contribution in [0.2, 0.25) is 0 Å². The fourth-order valence-corrected chi connectivity index (χ4v) is 2.43. The lowest BCUT2D eigenvalue weighted by molar-refractivity contribution is 0.178. The van der Waals surface area contributed by atoms with E-state index in [9.17, 15) is 13.9 Å². The number of halogens is 2. The highest BCUT2D eigenvalue weighted by Crippen LogP contribution is 2.26. The van der Waals surface area contributed by atoms with Gasteiger partial charge in [0.25, 0.3) is 0 Å². The molecule has 0 amide bonds. The molecule has 0 radical (unpaired) electrons. The van der Waals surface area contributed by atoms with Crippen LogP contribution in [0.25, 0.3) is 10.8 Å². The van der Waals surface area contributed by atoms with E-state index in [-0.39, 0.29) is 12.0 Å². The highest BCUT2D eigenvalue weighted by Gasteiger charge is 2.16. The largest absolute Gasteiger partial charge is 0.388 e. The monoisotopic (exact) mass is 285 g/mol. The molecule has 106 valence electrons. The van der Waals surface area contributed by atoms with Crippen molar-refractivity contribution in [3.05, 3.63) is 77.6 Å². The standard InChI is InChI=1S/C17H13F2NO/c18-15-7-3-5-11(17(15)19)8-16(21)14-10-20-9-12-4-1-2-6-13(12)14/h1-7,9-10,16,21H,8H2. The molecule has 0 aliphatic rings. The van der Waals surface area contributed by atoms with Crippen molar-refractivity contribution in [1.82, 2.24) is 4.98 Å². The number of rotatable bonds is 3. The molecular weight excluding hydrogens is 272 g/mol. The summed E-state index contributed by atoms with van der Waals surface area (Å²) in [6, 6.07) is 11.5. The van der Waals surface area contributed by atoms with Gasteiger partial charge < -0.3 is 5.11 Å². The molecule has 1 unspecified atom stereocenters. The molecule has 0 aliphatic carbocycles. The molecule has 2 aromatic carbocycles. The summed E-state index contributed by atoms with van der Waals surface area (Å²) in [4.78, 5) is 4.09. The van der Waals surface area contributed by atoms with E-state index in [1.807, 2.05) is 24.3 Å². The summed E-state index contributed by atoms with van der Waals surface area (Å²) in [6.07, 6.45) is 2.32. The van der Waals surface area contributed by atoms with Crippen LogP contribution < -0.4 is 0 Å². The van der Waals surface area contributed by atoms with Crippen molar-refractivity contribution in [1.29, 1.82) is 0 Å². The molecule has 2 nitrogen and oxygen atoms in total. The molecule has 0 spiro atoms. The average Bonchev–Trinajstić information content (AvgIpc) is 2.51. The van der Waals surface area contributed by atoms with Gasteiger partial charge >= 0.3 is 0 Å². The zero-order valence-corrected chi connectivity index (χ0v) is 11.1. The van der Waals surface area contributed by atoms with Crippen LogP contribution in [0.1, 0.15) is 17.2 Å². The topological polar surface area (TPSA) is 33.1 Å². The second kappa shape index (κ2) is 5.58. The maximum Gasteiger partial charge on any atom is 0.162 e. The number of fused-ring (bicyclic) bond motifs is 1. The maximum atomic E-state index is 13.7. The molecule has 3 aromatic rings. The molecular formula is C17H13F2NO. The minimum absolute atomic E-state index is 0.000713. The summed E-state index contributed by atoms with van der Waals surface area (Å²) in [6.45, 7) is 0. The van der Waals surface area contributed by atoms with E-state index in [4.69, 9.17) is 0 Å². The Morgan fingerprint density at radius 3 is 2.67 bits per heavy atom. The van der Waals surface area contributed by atoms with Crippen molar-refractivity contribution in [2.75, 3.05) is 0 Å². The van der Waals surface area contributed by atoms with E-state index in [0.29, 0.717) is 5.56 Å². The van der Waals surface area contributed by atoms with Crippen molar-refractivity contribution in [3.63, 3.8) is 0 Å². The van der Waals surface area contributed by atoms with Crippen LogP contribution in [-0.2, 0) is 6.42 Å². The number of pyridine rings is 1. The number of hydrogen-bond acceptors (Lipinski definition) is 2. The first-order valence-electron chi connectivity index (χ1n) is 6.60. The fourth-order valence-electron chi connectivity index (χ4n) is 2.43. The molecule has 1 heterocycles. The zero-order valence-electron chi connectivity index (χ0n) is 11.1. The quantitative estimate of drug-likeness (QED) is 0.794. The van der Waals surface area contributed by atoms with Crippen LogP contribution in [-0.4, -0.2) is 10.1 Å². The number of aliphatic hydroxyl groups is 1. The molecule has 1 atom stereocenters. The van der Waals surface area contributed by atoms with E-state index in [1.54, 1.807) is 12.4 Å². The fraction of sp³-hybridized carbons (Fsp3) is 0.118. The number of aliphatic hydroxyl groups excluding tert-OH is 1. The summed E-state index contributed by atoms with van der Waals surface area (Å²) in [5.74, 6) is -1.82. The summed E-state index contributed by atoms with van der Waals surface area (Å²) in [5.41, 5.74) is 0.757. The first-order valence-corrected chi connectivity index (χ1v) is 6.60. The van der Waals surface area contributed by atoms with E-state index in [1.165, 1.54) is 12.1 Å². The first-order chi connectivity index (χ1) is 10.2. The van der Waals surface area contributed by atoms with Crippen LogP contribution in [0.15, 0.2) is 54.9 Å². The Labute approximate surface area is 120 Å². The van der Waals surface area contributed by atoms with E-state index in [2.05, 4.69) is 4.98 Å². The molecule has 0 aliphatic heterocycles. The van der Waals surface area contributed by atoms with Gasteiger partial charge in [-0.3, -0.25) is 4.98 Å². The lowest BCUT2D eigenvalue weighted by Crippen LogP contribution is -2.05. The van der Waals surface area contributed by atoms with E-state index in [0.717, 1.165) is 16.8 Å². The molecule has 1 aromatic heterocycles. The normalized spacial score (nSPS) is 12.5. The number of hydrogen-bond donors (Lipinski definition) is 1. The smallest absolute Gasteiger partial charge is 0.162 e. The van der Waals surface area contributed by atoms with Gasteiger partial charge in [0.1, 0.15) is 0 Å². The van der Waals surface area contributed by atoms with Crippen LogP contribution >= 0.6 is 0 Å². The highest BCUT2D eigenvalue weighted by molar-refractivity contribution is 5.84. The molecule has 1 N–H and O–H groups in total. The van der Waals surface area contributed by atoms with Crippen molar-refractivity contribution in [2.45, 2.75) is 12.5 Å². The SMILES string of the molecule is OC(Cc1cccc(F)c1F)c1cncc2ccccc12. The van der Waals surface area contributed by atoms with Crippen molar-refractivity contribution in [2.24, 2.45) is 0 Å². The molecule has 21 heavy (non-hydrogen) atoms. The van der Waals surface area contributed by atoms with Gasteiger partial charge in [-0.1, -0.05) is 36.4 Å². The van der Waals surface area contributed by atoms with Gasteiger partial charge in [0.05, 0.1) is 6.10 Å². The third-order valence-electron chi connectivity index (χ3n) is 3.50. The Morgan fingerprint density at radius 2 is 1.81 bits per heavy atom. The van der Waals surface area contributed by atoms with Gasteiger partial charge in [0.2, 0.25) is 0 Å². The summed E-state index contributed by atoms with van der Waals surface area (Å²) in [7, 11) is 0. The minimum atomic E-state index is -0.945. The van der Waals surface area contributed by atoms with Crippen LogP contribution in [0.3, 0.4) is 0 Å². The predicted molar refractivity (Wildman–Crippen MR) is 76.8 cm³/mol. The Kier molecular flexibility index (Phi) is 3.62. The lowest BCUT2D eigenvalue weighted by Gasteiger charge is -2.14. The van der Waals surface area contributed by atoms with Gasteiger partial charge in [-0.15, -0.1) is 0 Å². The maximum absolute atomic E-state index is 13.7. The molecule has 0 fully saturated rings. The molecule has 0 bridgehead atoms. The Hall–Kier alpha value is -2.33. The second-order valence-electron chi connectivity index (χ2n) is 4.88.